The zero-order chi connectivity index (χ0) is 21.4. The fourth-order valence-electron chi connectivity index (χ4n) is 4.60. The first-order valence-corrected chi connectivity index (χ1v) is 12.0. The van der Waals surface area contributed by atoms with Crippen LogP contribution in [-0.4, -0.2) is 41.5 Å². The van der Waals surface area contributed by atoms with Gasteiger partial charge >= 0.3 is 0 Å². The SMILES string of the molecule is O=C(N[C@H]1CCCC[C@H]1NC(=O)c1nc2c(s1)COCC2)C1=CC2C=C(Cl)C=CC2N1. The number of carbonyl (C=O) groups is 2. The quantitative estimate of drug-likeness (QED) is 0.642. The van der Waals surface area contributed by atoms with Crippen LogP contribution < -0.4 is 16.0 Å². The molecule has 7 nitrogen and oxygen atoms in total. The zero-order valence-electron chi connectivity index (χ0n) is 17.0. The van der Waals surface area contributed by atoms with Crippen LogP contribution in [0.3, 0.4) is 0 Å². The van der Waals surface area contributed by atoms with Crippen LogP contribution >= 0.6 is 22.9 Å². The second-order valence-corrected chi connectivity index (χ2v) is 9.89. The van der Waals surface area contributed by atoms with Gasteiger partial charge in [0.15, 0.2) is 5.01 Å². The highest BCUT2D eigenvalue weighted by molar-refractivity contribution is 7.13. The van der Waals surface area contributed by atoms with Crippen molar-refractivity contribution in [2.24, 2.45) is 5.92 Å². The lowest BCUT2D eigenvalue weighted by Gasteiger charge is -2.32. The minimum Gasteiger partial charge on any atom is -0.375 e. The summed E-state index contributed by atoms with van der Waals surface area (Å²) in [6.07, 6.45) is 12.2. The van der Waals surface area contributed by atoms with Crippen LogP contribution in [0.15, 0.2) is 35.0 Å². The molecule has 4 atom stereocenters. The van der Waals surface area contributed by atoms with E-state index < -0.39 is 0 Å². The number of halogens is 1. The molecule has 9 heteroatoms. The van der Waals surface area contributed by atoms with Crippen molar-refractivity contribution in [1.29, 1.82) is 0 Å². The molecule has 5 rings (SSSR count). The van der Waals surface area contributed by atoms with Gasteiger partial charge in [-0.3, -0.25) is 9.59 Å². The van der Waals surface area contributed by atoms with Gasteiger partial charge in [0, 0.05) is 29.5 Å². The first-order chi connectivity index (χ1) is 15.1. The third-order valence-corrected chi connectivity index (χ3v) is 7.56. The number of amides is 2. The predicted octanol–water partition coefficient (Wildman–Crippen LogP) is 2.54. The third kappa shape index (κ3) is 4.42. The summed E-state index contributed by atoms with van der Waals surface area (Å²) < 4.78 is 5.45. The van der Waals surface area contributed by atoms with Crippen molar-refractivity contribution in [2.45, 2.75) is 56.8 Å². The van der Waals surface area contributed by atoms with Crippen molar-refractivity contribution >= 4 is 34.8 Å². The fraction of sp³-hybridized carbons (Fsp3) is 0.500. The summed E-state index contributed by atoms with van der Waals surface area (Å²) >= 11 is 7.48. The normalized spacial score (nSPS) is 29.2. The number of hydrogen-bond acceptors (Lipinski definition) is 6. The molecule has 2 amide bonds. The Kier molecular flexibility index (Phi) is 5.86. The van der Waals surface area contributed by atoms with E-state index in [-0.39, 0.29) is 35.9 Å². The van der Waals surface area contributed by atoms with Crippen LogP contribution in [0.25, 0.3) is 0 Å². The molecule has 3 N–H and O–H groups in total. The van der Waals surface area contributed by atoms with Gasteiger partial charge in [0.2, 0.25) is 0 Å². The molecule has 0 saturated heterocycles. The van der Waals surface area contributed by atoms with E-state index in [0.29, 0.717) is 29.0 Å². The second kappa shape index (κ2) is 8.76. The number of allylic oxidation sites excluding steroid dienone is 2. The van der Waals surface area contributed by atoms with Crippen LogP contribution in [0.5, 0.6) is 0 Å². The van der Waals surface area contributed by atoms with Gasteiger partial charge in [0.25, 0.3) is 11.8 Å². The molecule has 2 aliphatic carbocycles. The molecule has 2 unspecified atom stereocenters. The molecule has 31 heavy (non-hydrogen) atoms. The van der Waals surface area contributed by atoms with E-state index in [4.69, 9.17) is 16.3 Å². The monoisotopic (exact) mass is 460 g/mol. The second-order valence-electron chi connectivity index (χ2n) is 8.37. The number of rotatable bonds is 4. The maximum atomic E-state index is 12.9. The van der Waals surface area contributed by atoms with Crippen molar-refractivity contribution in [3.05, 3.63) is 50.6 Å². The molecule has 0 spiro atoms. The number of hydrogen-bond donors (Lipinski definition) is 3. The van der Waals surface area contributed by atoms with Crippen molar-refractivity contribution in [2.75, 3.05) is 6.61 Å². The summed E-state index contributed by atoms with van der Waals surface area (Å²) in [6.45, 7) is 1.18. The molecule has 0 radical (unpaired) electrons. The van der Waals surface area contributed by atoms with E-state index >= 15 is 0 Å². The molecule has 2 aliphatic heterocycles. The molecule has 4 aliphatic rings. The van der Waals surface area contributed by atoms with Crippen LogP contribution in [0.4, 0.5) is 0 Å². The van der Waals surface area contributed by atoms with Crippen LogP contribution in [0.2, 0.25) is 0 Å². The average Bonchev–Trinajstić information content (AvgIpc) is 3.39. The van der Waals surface area contributed by atoms with Crippen molar-refractivity contribution < 1.29 is 14.3 Å². The Labute approximate surface area is 190 Å². The molecular formula is C22H25ClN4O3S. The molecular weight excluding hydrogens is 436 g/mol. The average molecular weight is 461 g/mol. The molecule has 0 bridgehead atoms. The number of nitrogens with zero attached hydrogens (tertiary/aromatic N) is 1. The van der Waals surface area contributed by atoms with E-state index in [1.807, 2.05) is 24.3 Å². The minimum absolute atomic E-state index is 0.0602. The molecule has 1 aromatic heterocycles. The summed E-state index contributed by atoms with van der Waals surface area (Å²) in [5, 5.41) is 10.7. The summed E-state index contributed by atoms with van der Waals surface area (Å²) in [6, 6.07) is -0.158. The Morgan fingerprint density at radius 3 is 2.71 bits per heavy atom. The summed E-state index contributed by atoms with van der Waals surface area (Å²) in [4.78, 5) is 31.3. The first kappa shape index (κ1) is 20.7. The summed E-state index contributed by atoms with van der Waals surface area (Å²) in [5.74, 6) is -0.222. The lowest BCUT2D eigenvalue weighted by atomic mass is 9.90. The lowest BCUT2D eigenvalue weighted by molar-refractivity contribution is -0.118. The maximum absolute atomic E-state index is 12.9. The highest BCUT2D eigenvalue weighted by Crippen LogP contribution is 2.28. The van der Waals surface area contributed by atoms with Gasteiger partial charge in [-0.2, -0.15) is 0 Å². The minimum atomic E-state index is -0.167. The number of thiazole rings is 1. The van der Waals surface area contributed by atoms with Crippen LogP contribution in [0.1, 0.15) is 46.1 Å². The Bertz CT molecular complexity index is 962. The van der Waals surface area contributed by atoms with Gasteiger partial charge in [-0.05, 0) is 25.0 Å². The molecule has 0 aromatic carbocycles. The van der Waals surface area contributed by atoms with E-state index in [1.165, 1.54) is 11.3 Å². The Morgan fingerprint density at radius 2 is 1.94 bits per heavy atom. The van der Waals surface area contributed by atoms with Gasteiger partial charge in [0.1, 0.15) is 0 Å². The van der Waals surface area contributed by atoms with Crippen LogP contribution in [0, 0.1) is 5.92 Å². The number of fused-ring (bicyclic) bond motifs is 2. The molecule has 1 aromatic rings. The lowest BCUT2D eigenvalue weighted by Crippen LogP contribution is -2.54. The largest absolute Gasteiger partial charge is 0.375 e. The summed E-state index contributed by atoms with van der Waals surface area (Å²) in [7, 11) is 0. The van der Waals surface area contributed by atoms with Crippen molar-refractivity contribution in [3.63, 3.8) is 0 Å². The highest BCUT2D eigenvalue weighted by Gasteiger charge is 2.33. The van der Waals surface area contributed by atoms with E-state index in [2.05, 4.69) is 20.9 Å². The third-order valence-electron chi connectivity index (χ3n) is 6.24. The standard InChI is InChI=1S/C22H25ClN4O3S/c23-13-5-6-14-12(9-13)10-18(24-14)20(28)25-15-3-1-2-4-16(15)26-21(29)22-27-17-7-8-30-11-19(17)31-22/h5-6,9-10,12,14-16,24H,1-4,7-8,11H2,(H,25,28)(H,26,29)/t12?,14?,15-,16+/m0/s1. The van der Waals surface area contributed by atoms with Gasteiger partial charge in [-0.15, -0.1) is 11.3 Å². The molecule has 164 valence electrons. The van der Waals surface area contributed by atoms with Crippen molar-refractivity contribution in [1.82, 2.24) is 20.9 Å². The fourth-order valence-corrected chi connectivity index (χ4v) is 5.77. The molecule has 1 saturated carbocycles. The highest BCUT2D eigenvalue weighted by atomic mass is 35.5. The topological polar surface area (TPSA) is 92.4 Å². The van der Waals surface area contributed by atoms with Gasteiger partial charge in [0.05, 0.1) is 35.5 Å². The number of nitrogens with one attached hydrogen (secondary N) is 3. The Morgan fingerprint density at radius 1 is 1.16 bits per heavy atom. The van der Waals surface area contributed by atoms with Gasteiger partial charge in [-0.25, -0.2) is 4.98 Å². The molecule has 1 fully saturated rings. The van der Waals surface area contributed by atoms with Gasteiger partial charge in [-0.1, -0.05) is 36.6 Å². The Hall–Kier alpha value is -2.16. The number of aromatic nitrogens is 1. The van der Waals surface area contributed by atoms with E-state index in [1.54, 1.807) is 0 Å². The van der Waals surface area contributed by atoms with Crippen molar-refractivity contribution in [3.8, 4) is 0 Å². The van der Waals surface area contributed by atoms with E-state index in [9.17, 15) is 9.59 Å². The van der Waals surface area contributed by atoms with Gasteiger partial charge < -0.3 is 20.7 Å². The smallest absolute Gasteiger partial charge is 0.280 e. The first-order valence-electron chi connectivity index (χ1n) is 10.8. The maximum Gasteiger partial charge on any atom is 0.280 e. The number of carbonyl (C=O) groups excluding carboxylic acids is 2. The summed E-state index contributed by atoms with van der Waals surface area (Å²) in [5.41, 5.74) is 1.53. The van der Waals surface area contributed by atoms with Crippen LogP contribution in [-0.2, 0) is 22.6 Å². The predicted molar refractivity (Wildman–Crippen MR) is 119 cm³/mol. The Balaban J connectivity index is 1.23. The van der Waals surface area contributed by atoms with E-state index in [0.717, 1.165) is 42.7 Å². The zero-order valence-corrected chi connectivity index (χ0v) is 18.6. The number of ether oxygens (including phenoxy) is 1. The molecule has 3 heterocycles.